The summed E-state index contributed by atoms with van der Waals surface area (Å²) >= 11 is 0. The number of cyclic esters (lactones) is 1. The number of aliphatic hydroxyl groups excluding tert-OH is 2. The average Bonchev–Trinajstić information content (AvgIpc) is 2.64. The zero-order valence-electron chi connectivity index (χ0n) is 15.3. The summed E-state index contributed by atoms with van der Waals surface area (Å²) in [6.07, 6.45) is 3.06. The summed E-state index contributed by atoms with van der Waals surface area (Å²) in [5, 5.41) is 30.2. The van der Waals surface area contributed by atoms with Crippen molar-refractivity contribution in [1.29, 1.82) is 0 Å². The van der Waals surface area contributed by atoms with E-state index in [0.29, 0.717) is 17.7 Å². The summed E-state index contributed by atoms with van der Waals surface area (Å²) in [4.78, 5) is 24.5. The number of phenolic OH excluding ortho intramolecular Hbond substituents is 1. The number of carbonyl (C=O) groups excluding carboxylic acids is 2. The van der Waals surface area contributed by atoms with Crippen LogP contribution in [0, 0.1) is 0 Å². The molecular formula is C20H24O7. The molecule has 0 aliphatic carbocycles. The first-order chi connectivity index (χ1) is 12.9. The standard InChI is InChI=1S/C20H24O7/c1-3-13-7-5-9-16(22)19(24)15(21)8-4-6-12-10-14(26-2)11-17(23)18(12)20(25)27-13/h4-6,9-11,13,15,19,21,23-24H,3,7-8H2,1-2H3/b6-4+,9-5-. The molecular weight excluding hydrogens is 352 g/mol. The lowest BCUT2D eigenvalue weighted by atomic mass is 10.0. The Morgan fingerprint density at radius 3 is 2.52 bits per heavy atom. The van der Waals surface area contributed by atoms with Crippen molar-refractivity contribution in [2.75, 3.05) is 7.11 Å². The molecule has 0 amide bonds. The van der Waals surface area contributed by atoms with Gasteiger partial charge in [0.15, 0.2) is 5.78 Å². The Bertz CT molecular complexity index is 751. The second kappa shape index (κ2) is 9.34. The van der Waals surface area contributed by atoms with Crippen molar-refractivity contribution in [2.45, 2.75) is 44.5 Å². The highest BCUT2D eigenvalue weighted by Gasteiger charge is 2.24. The van der Waals surface area contributed by atoms with Crippen LogP contribution in [0.5, 0.6) is 11.5 Å². The molecule has 1 heterocycles. The van der Waals surface area contributed by atoms with Crippen LogP contribution < -0.4 is 4.74 Å². The molecule has 3 N–H and O–H groups in total. The molecule has 3 atom stereocenters. The summed E-state index contributed by atoms with van der Waals surface area (Å²) in [5.41, 5.74) is 0.324. The number of hydrogen-bond donors (Lipinski definition) is 3. The molecule has 7 nitrogen and oxygen atoms in total. The highest BCUT2D eigenvalue weighted by molar-refractivity contribution is 5.97. The van der Waals surface area contributed by atoms with Gasteiger partial charge in [0, 0.05) is 12.5 Å². The number of phenols is 1. The number of rotatable bonds is 2. The minimum atomic E-state index is -1.55. The van der Waals surface area contributed by atoms with Crippen LogP contribution in [0.4, 0.5) is 0 Å². The number of hydrogen-bond acceptors (Lipinski definition) is 7. The summed E-state index contributed by atoms with van der Waals surface area (Å²) in [6.45, 7) is 1.82. The molecule has 0 fully saturated rings. The van der Waals surface area contributed by atoms with Gasteiger partial charge in [-0.3, -0.25) is 4.79 Å². The quantitative estimate of drug-likeness (QED) is 0.677. The normalized spacial score (nSPS) is 26.4. The number of ether oxygens (including phenoxy) is 2. The van der Waals surface area contributed by atoms with Gasteiger partial charge in [0.25, 0.3) is 0 Å². The molecule has 1 aromatic carbocycles. The number of aliphatic hydroxyl groups is 2. The highest BCUT2D eigenvalue weighted by Crippen LogP contribution is 2.30. The third-order valence-electron chi connectivity index (χ3n) is 4.30. The summed E-state index contributed by atoms with van der Waals surface area (Å²) in [7, 11) is 1.43. The van der Waals surface area contributed by atoms with Gasteiger partial charge in [-0.25, -0.2) is 4.79 Å². The molecule has 2 rings (SSSR count). The Hall–Kier alpha value is -2.64. The fourth-order valence-corrected chi connectivity index (χ4v) is 2.69. The second-order valence-corrected chi connectivity index (χ2v) is 6.24. The SMILES string of the molecule is CCC1C/C=C\C(=O)C(O)C(O)C/C=C/c2cc(OC)cc(O)c2C(=O)O1. The van der Waals surface area contributed by atoms with E-state index in [4.69, 9.17) is 9.47 Å². The maximum absolute atomic E-state index is 12.6. The van der Waals surface area contributed by atoms with Crippen LogP contribution in [0.15, 0.2) is 30.4 Å². The van der Waals surface area contributed by atoms with E-state index in [-0.39, 0.29) is 24.2 Å². The van der Waals surface area contributed by atoms with Crippen molar-refractivity contribution in [3.63, 3.8) is 0 Å². The van der Waals surface area contributed by atoms with Crippen molar-refractivity contribution in [2.24, 2.45) is 0 Å². The van der Waals surface area contributed by atoms with Gasteiger partial charge in [-0.1, -0.05) is 25.2 Å². The van der Waals surface area contributed by atoms with E-state index >= 15 is 0 Å². The van der Waals surface area contributed by atoms with Crippen molar-refractivity contribution in [3.8, 4) is 11.5 Å². The van der Waals surface area contributed by atoms with Crippen molar-refractivity contribution in [3.05, 3.63) is 41.5 Å². The molecule has 0 saturated heterocycles. The smallest absolute Gasteiger partial charge is 0.342 e. The van der Waals surface area contributed by atoms with E-state index in [0.717, 1.165) is 0 Å². The van der Waals surface area contributed by atoms with E-state index in [2.05, 4.69) is 0 Å². The van der Waals surface area contributed by atoms with Gasteiger partial charge in [-0.2, -0.15) is 0 Å². The number of aromatic hydroxyl groups is 1. The van der Waals surface area contributed by atoms with Gasteiger partial charge in [-0.15, -0.1) is 0 Å². The van der Waals surface area contributed by atoms with E-state index in [1.54, 1.807) is 6.07 Å². The van der Waals surface area contributed by atoms with Gasteiger partial charge in [-0.05, 0) is 30.5 Å². The summed E-state index contributed by atoms with van der Waals surface area (Å²) in [5.74, 6) is -1.25. The van der Waals surface area contributed by atoms with Crippen LogP contribution in [-0.4, -0.2) is 52.5 Å². The highest BCUT2D eigenvalue weighted by atomic mass is 16.5. The molecule has 27 heavy (non-hydrogen) atoms. The van der Waals surface area contributed by atoms with Crippen LogP contribution in [0.2, 0.25) is 0 Å². The molecule has 7 heteroatoms. The predicted molar refractivity (Wildman–Crippen MR) is 98.6 cm³/mol. The van der Waals surface area contributed by atoms with E-state index in [1.807, 2.05) is 6.92 Å². The van der Waals surface area contributed by atoms with E-state index < -0.39 is 30.1 Å². The van der Waals surface area contributed by atoms with Gasteiger partial charge < -0.3 is 24.8 Å². The van der Waals surface area contributed by atoms with E-state index in [9.17, 15) is 24.9 Å². The fraction of sp³-hybridized carbons (Fsp3) is 0.400. The number of carbonyl (C=O) groups is 2. The van der Waals surface area contributed by atoms with Crippen molar-refractivity contribution < 1.29 is 34.4 Å². The van der Waals surface area contributed by atoms with Gasteiger partial charge in [0.05, 0.1) is 13.2 Å². The predicted octanol–water partition coefficient (Wildman–Crippen LogP) is 1.99. The molecule has 0 radical (unpaired) electrons. The first-order valence-corrected chi connectivity index (χ1v) is 8.72. The summed E-state index contributed by atoms with van der Waals surface area (Å²) < 4.78 is 10.6. The largest absolute Gasteiger partial charge is 0.507 e. The third kappa shape index (κ3) is 5.18. The topological polar surface area (TPSA) is 113 Å². The van der Waals surface area contributed by atoms with Crippen LogP contribution in [0.3, 0.4) is 0 Å². The van der Waals surface area contributed by atoms with Crippen LogP contribution >= 0.6 is 0 Å². The second-order valence-electron chi connectivity index (χ2n) is 6.24. The first-order valence-electron chi connectivity index (χ1n) is 8.72. The zero-order valence-corrected chi connectivity index (χ0v) is 15.3. The fourth-order valence-electron chi connectivity index (χ4n) is 2.69. The Morgan fingerprint density at radius 1 is 1.15 bits per heavy atom. The molecule has 0 spiro atoms. The maximum Gasteiger partial charge on any atom is 0.342 e. The lowest BCUT2D eigenvalue weighted by Gasteiger charge is -2.18. The van der Waals surface area contributed by atoms with Crippen LogP contribution in [0.1, 0.15) is 42.1 Å². The van der Waals surface area contributed by atoms with E-state index in [1.165, 1.54) is 37.5 Å². The monoisotopic (exact) mass is 376 g/mol. The third-order valence-corrected chi connectivity index (χ3v) is 4.30. The van der Waals surface area contributed by atoms with Crippen molar-refractivity contribution >= 4 is 17.8 Å². The first kappa shape index (κ1) is 20.7. The van der Waals surface area contributed by atoms with Gasteiger partial charge >= 0.3 is 5.97 Å². The molecule has 3 unspecified atom stereocenters. The van der Waals surface area contributed by atoms with Crippen molar-refractivity contribution in [1.82, 2.24) is 0 Å². The summed E-state index contributed by atoms with van der Waals surface area (Å²) in [6, 6.07) is 2.86. The Labute approximate surface area is 157 Å². The number of ketones is 1. The lowest BCUT2D eigenvalue weighted by molar-refractivity contribution is -0.127. The Balaban J connectivity index is 2.47. The molecule has 0 saturated carbocycles. The molecule has 1 aromatic rings. The zero-order chi connectivity index (χ0) is 20.0. The number of fused-ring (bicyclic) bond motifs is 1. The minimum absolute atomic E-state index is 0.0161. The number of methoxy groups -OCH3 is 1. The Morgan fingerprint density at radius 2 is 1.85 bits per heavy atom. The van der Waals surface area contributed by atoms with Gasteiger partial charge in [0.1, 0.15) is 29.3 Å². The molecule has 146 valence electrons. The van der Waals surface area contributed by atoms with Crippen LogP contribution in [-0.2, 0) is 9.53 Å². The minimum Gasteiger partial charge on any atom is -0.507 e. The maximum atomic E-state index is 12.6. The Kier molecular flexibility index (Phi) is 7.15. The molecule has 1 aliphatic rings. The molecule has 0 bridgehead atoms. The molecule has 1 aliphatic heterocycles. The number of benzene rings is 1. The number of esters is 1. The van der Waals surface area contributed by atoms with Crippen LogP contribution in [0.25, 0.3) is 6.08 Å². The average molecular weight is 376 g/mol. The molecule has 0 aromatic heterocycles. The lowest BCUT2D eigenvalue weighted by Crippen LogP contribution is -2.32. The van der Waals surface area contributed by atoms with Gasteiger partial charge in [0.2, 0.25) is 0 Å².